The van der Waals surface area contributed by atoms with Crippen LogP contribution in [0.25, 0.3) is 0 Å². The molecule has 0 amide bonds. The second kappa shape index (κ2) is 6.34. The SMILES string of the molecule is Cc1cnn([C@H](C)[C@H](C)NC[C@H]2CCCCO2)c1. The molecule has 0 unspecified atom stereocenters. The molecule has 1 aromatic rings. The first-order valence-corrected chi connectivity index (χ1v) is 7.02. The highest BCUT2D eigenvalue weighted by atomic mass is 16.5. The van der Waals surface area contributed by atoms with E-state index >= 15 is 0 Å². The second-order valence-electron chi connectivity index (χ2n) is 5.42. The van der Waals surface area contributed by atoms with Crippen LogP contribution in [0.5, 0.6) is 0 Å². The summed E-state index contributed by atoms with van der Waals surface area (Å²) < 4.78 is 7.77. The van der Waals surface area contributed by atoms with Crippen molar-refractivity contribution in [2.45, 2.75) is 58.2 Å². The number of nitrogens with zero attached hydrogens (tertiary/aromatic N) is 2. The zero-order chi connectivity index (χ0) is 13.0. The van der Waals surface area contributed by atoms with Crippen LogP contribution in [-0.4, -0.2) is 35.1 Å². The predicted molar refractivity (Wildman–Crippen MR) is 72.7 cm³/mol. The van der Waals surface area contributed by atoms with Crippen molar-refractivity contribution in [3.63, 3.8) is 0 Å². The standard InChI is InChI=1S/C14H25N3O/c1-11-8-16-17(10-11)13(3)12(2)15-9-14-6-4-5-7-18-14/h8,10,12-15H,4-7,9H2,1-3H3/t12-,13+,14+/m0/s1. The Morgan fingerprint density at radius 2 is 2.33 bits per heavy atom. The summed E-state index contributed by atoms with van der Waals surface area (Å²) in [5, 5.41) is 7.95. The zero-order valence-corrected chi connectivity index (χ0v) is 11.7. The largest absolute Gasteiger partial charge is 0.377 e. The summed E-state index contributed by atoms with van der Waals surface area (Å²) in [5.41, 5.74) is 1.21. The molecule has 0 radical (unpaired) electrons. The molecular weight excluding hydrogens is 226 g/mol. The molecule has 2 rings (SSSR count). The van der Waals surface area contributed by atoms with Gasteiger partial charge in [0, 0.05) is 25.4 Å². The van der Waals surface area contributed by atoms with Crippen LogP contribution in [0.15, 0.2) is 12.4 Å². The smallest absolute Gasteiger partial charge is 0.0699 e. The fraction of sp³-hybridized carbons (Fsp3) is 0.786. The van der Waals surface area contributed by atoms with Crippen molar-refractivity contribution in [1.82, 2.24) is 15.1 Å². The minimum atomic E-state index is 0.363. The summed E-state index contributed by atoms with van der Waals surface area (Å²) in [6.45, 7) is 8.36. The maximum atomic E-state index is 5.73. The Labute approximate surface area is 110 Å². The van der Waals surface area contributed by atoms with Crippen LogP contribution in [0.4, 0.5) is 0 Å². The van der Waals surface area contributed by atoms with Crippen molar-refractivity contribution < 1.29 is 4.74 Å². The van der Waals surface area contributed by atoms with E-state index in [0.29, 0.717) is 18.2 Å². The fourth-order valence-corrected chi connectivity index (χ4v) is 2.34. The molecule has 1 aliphatic rings. The van der Waals surface area contributed by atoms with Crippen LogP contribution in [-0.2, 0) is 4.74 Å². The number of aromatic nitrogens is 2. The summed E-state index contributed by atoms with van der Waals surface area (Å²) in [6, 6.07) is 0.761. The highest BCUT2D eigenvalue weighted by Crippen LogP contribution is 2.14. The maximum Gasteiger partial charge on any atom is 0.0699 e. The van der Waals surface area contributed by atoms with Crippen LogP contribution in [0.3, 0.4) is 0 Å². The fourth-order valence-electron chi connectivity index (χ4n) is 2.34. The quantitative estimate of drug-likeness (QED) is 0.872. The molecule has 1 aliphatic heterocycles. The normalized spacial score (nSPS) is 23.8. The van der Waals surface area contributed by atoms with Crippen molar-refractivity contribution in [2.24, 2.45) is 0 Å². The first-order valence-electron chi connectivity index (χ1n) is 7.02. The molecule has 1 saturated heterocycles. The van der Waals surface area contributed by atoms with Crippen LogP contribution in [0.1, 0.15) is 44.7 Å². The van der Waals surface area contributed by atoms with Gasteiger partial charge in [0.1, 0.15) is 0 Å². The summed E-state index contributed by atoms with van der Waals surface area (Å²) in [5.74, 6) is 0. The average molecular weight is 251 g/mol. The molecule has 0 aromatic carbocycles. The molecular formula is C14H25N3O. The van der Waals surface area contributed by atoms with Gasteiger partial charge in [-0.15, -0.1) is 0 Å². The van der Waals surface area contributed by atoms with Gasteiger partial charge < -0.3 is 10.1 Å². The predicted octanol–water partition coefficient (Wildman–Crippen LogP) is 2.30. The van der Waals surface area contributed by atoms with Crippen molar-refractivity contribution >= 4 is 0 Å². The topological polar surface area (TPSA) is 39.1 Å². The average Bonchev–Trinajstić information content (AvgIpc) is 2.83. The Hall–Kier alpha value is -0.870. The Balaban J connectivity index is 1.78. The number of hydrogen-bond acceptors (Lipinski definition) is 3. The highest BCUT2D eigenvalue weighted by molar-refractivity contribution is 5.00. The lowest BCUT2D eigenvalue weighted by Crippen LogP contribution is -2.40. The van der Waals surface area contributed by atoms with E-state index in [1.807, 2.05) is 10.9 Å². The second-order valence-corrected chi connectivity index (χ2v) is 5.42. The van der Waals surface area contributed by atoms with Gasteiger partial charge in [0.25, 0.3) is 0 Å². The van der Waals surface area contributed by atoms with E-state index in [-0.39, 0.29) is 0 Å². The van der Waals surface area contributed by atoms with E-state index in [9.17, 15) is 0 Å². The maximum absolute atomic E-state index is 5.73. The lowest BCUT2D eigenvalue weighted by atomic mass is 10.1. The van der Waals surface area contributed by atoms with Crippen molar-refractivity contribution in [2.75, 3.05) is 13.2 Å². The number of hydrogen-bond donors (Lipinski definition) is 1. The summed E-state index contributed by atoms with van der Waals surface area (Å²) in [6.07, 6.45) is 8.11. The van der Waals surface area contributed by atoms with Crippen LogP contribution in [0.2, 0.25) is 0 Å². The summed E-state index contributed by atoms with van der Waals surface area (Å²) in [7, 11) is 0. The molecule has 1 fully saturated rings. The van der Waals surface area contributed by atoms with Crippen LogP contribution in [0, 0.1) is 6.92 Å². The van der Waals surface area contributed by atoms with Gasteiger partial charge in [-0.3, -0.25) is 4.68 Å². The molecule has 1 aromatic heterocycles. The molecule has 4 heteroatoms. The van der Waals surface area contributed by atoms with Crippen molar-refractivity contribution in [3.8, 4) is 0 Å². The molecule has 4 nitrogen and oxygen atoms in total. The summed E-state index contributed by atoms with van der Waals surface area (Å²) in [4.78, 5) is 0. The third-order valence-electron chi connectivity index (χ3n) is 3.81. The lowest BCUT2D eigenvalue weighted by molar-refractivity contribution is 0.0147. The van der Waals surface area contributed by atoms with E-state index in [2.05, 4.69) is 37.4 Å². The molecule has 0 aliphatic carbocycles. The molecule has 0 spiro atoms. The molecule has 1 N–H and O–H groups in total. The number of ether oxygens (including phenoxy) is 1. The van der Waals surface area contributed by atoms with Crippen LogP contribution >= 0.6 is 0 Å². The lowest BCUT2D eigenvalue weighted by Gasteiger charge is -2.27. The van der Waals surface area contributed by atoms with Gasteiger partial charge in [-0.25, -0.2) is 0 Å². The molecule has 2 heterocycles. The van der Waals surface area contributed by atoms with Gasteiger partial charge >= 0.3 is 0 Å². The van der Waals surface area contributed by atoms with Crippen molar-refractivity contribution in [1.29, 1.82) is 0 Å². The number of nitrogens with one attached hydrogen (secondary N) is 1. The zero-order valence-electron chi connectivity index (χ0n) is 11.7. The van der Waals surface area contributed by atoms with Gasteiger partial charge in [0.15, 0.2) is 0 Å². The Morgan fingerprint density at radius 1 is 1.50 bits per heavy atom. The van der Waals surface area contributed by atoms with Gasteiger partial charge in [-0.05, 0) is 45.6 Å². The van der Waals surface area contributed by atoms with Crippen LogP contribution < -0.4 is 5.32 Å². The van der Waals surface area contributed by atoms with E-state index in [1.165, 1.54) is 24.8 Å². The molecule has 3 atom stereocenters. The first-order chi connectivity index (χ1) is 8.66. The molecule has 0 saturated carbocycles. The summed E-state index contributed by atoms with van der Waals surface area (Å²) >= 11 is 0. The van der Waals surface area contributed by atoms with E-state index in [0.717, 1.165) is 13.2 Å². The van der Waals surface area contributed by atoms with E-state index in [4.69, 9.17) is 4.74 Å². The highest BCUT2D eigenvalue weighted by Gasteiger charge is 2.18. The third-order valence-corrected chi connectivity index (χ3v) is 3.81. The van der Waals surface area contributed by atoms with Gasteiger partial charge in [-0.1, -0.05) is 0 Å². The minimum Gasteiger partial charge on any atom is -0.377 e. The number of rotatable bonds is 5. The van der Waals surface area contributed by atoms with E-state index in [1.54, 1.807) is 0 Å². The Morgan fingerprint density at radius 3 is 2.94 bits per heavy atom. The Bertz CT molecular complexity index is 358. The first kappa shape index (κ1) is 13.6. The van der Waals surface area contributed by atoms with Gasteiger partial charge in [0.05, 0.1) is 18.3 Å². The Kier molecular flexibility index (Phi) is 4.78. The molecule has 0 bridgehead atoms. The third kappa shape index (κ3) is 3.56. The van der Waals surface area contributed by atoms with Gasteiger partial charge in [-0.2, -0.15) is 5.10 Å². The number of aryl methyl sites for hydroxylation is 1. The van der Waals surface area contributed by atoms with Crippen molar-refractivity contribution in [3.05, 3.63) is 18.0 Å². The van der Waals surface area contributed by atoms with Gasteiger partial charge in [0.2, 0.25) is 0 Å². The monoisotopic (exact) mass is 251 g/mol. The molecule has 102 valence electrons. The van der Waals surface area contributed by atoms with E-state index < -0.39 is 0 Å². The minimum absolute atomic E-state index is 0.363. The molecule has 18 heavy (non-hydrogen) atoms.